The summed E-state index contributed by atoms with van der Waals surface area (Å²) in [4.78, 5) is 20.6. The van der Waals surface area contributed by atoms with Crippen LogP contribution in [0.15, 0.2) is 18.2 Å². The molecule has 0 bridgehead atoms. The van der Waals surface area contributed by atoms with E-state index in [1.165, 1.54) is 17.4 Å². The number of hydrogen-bond acceptors (Lipinski definition) is 4. The van der Waals surface area contributed by atoms with Crippen LogP contribution in [0.1, 0.15) is 12.8 Å². The molecule has 0 radical (unpaired) electrons. The van der Waals surface area contributed by atoms with Crippen LogP contribution in [0.3, 0.4) is 0 Å². The molecule has 2 aliphatic rings. The number of hydrogen-bond donors (Lipinski definition) is 0. The fourth-order valence-electron chi connectivity index (χ4n) is 2.75. The fraction of sp³-hybridized carbons (Fsp3) is 0.467. The number of carbonyl (C=O) groups excluding carboxylic acids is 1. The van der Waals surface area contributed by atoms with E-state index in [1.54, 1.807) is 6.07 Å². The molecular weight excluding hydrogens is 289 g/mol. The molecule has 1 aliphatic heterocycles. The number of thiazole rings is 1. The highest BCUT2D eigenvalue weighted by atomic mass is 32.1. The lowest BCUT2D eigenvalue weighted by atomic mass is 10.3. The van der Waals surface area contributed by atoms with Crippen molar-refractivity contribution in [2.45, 2.75) is 12.8 Å². The van der Waals surface area contributed by atoms with Gasteiger partial charge in [0.25, 0.3) is 0 Å². The van der Waals surface area contributed by atoms with Crippen LogP contribution in [0.5, 0.6) is 0 Å². The van der Waals surface area contributed by atoms with Gasteiger partial charge in [0.2, 0.25) is 5.91 Å². The van der Waals surface area contributed by atoms with Gasteiger partial charge in [-0.05, 0) is 25.0 Å². The standard InChI is InChI=1S/C15H16FN3OS/c16-11-2-1-3-12-13(11)17-15(21-12)19-8-6-18(7-9-19)14(20)10-4-5-10/h1-3,10H,4-9H2. The average molecular weight is 305 g/mol. The zero-order valence-electron chi connectivity index (χ0n) is 11.6. The minimum absolute atomic E-state index is 0.266. The molecule has 4 rings (SSSR count). The van der Waals surface area contributed by atoms with Gasteiger partial charge >= 0.3 is 0 Å². The largest absolute Gasteiger partial charge is 0.345 e. The van der Waals surface area contributed by atoms with Crippen LogP contribution < -0.4 is 4.90 Å². The lowest BCUT2D eigenvalue weighted by Gasteiger charge is -2.34. The molecule has 0 N–H and O–H groups in total. The molecule has 0 atom stereocenters. The van der Waals surface area contributed by atoms with Gasteiger partial charge in [-0.15, -0.1) is 0 Å². The number of piperazine rings is 1. The Kier molecular flexibility index (Phi) is 3.06. The molecule has 0 spiro atoms. The van der Waals surface area contributed by atoms with E-state index in [1.807, 2.05) is 11.0 Å². The van der Waals surface area contributed by atoms with Gasteiger partial charge in [0.05, 0.1) is 4.70 Å². The lowest BCUT2D eigenvalue weighted by molar-refractivity contribution is -0.132. The van der Waals surface area contributed by atoms with Crippen molar-refractivity contribution < 1.29 is 9.18 Å². The normalized spacial score (nSPS) is 19.3. The van der Waals surface area contributed by atoms with Gasteiger partial charge in [-0.2, -0.15) is 0 Å². The molecule has 1 saturated heterocycles. The number of rotatable bonds is 2. The molecule has 1 aromatic carbocycles. The first-order valence-electron chi connectivity index (χ1n) is 7.31. The fourth-order valence-corrected chi connectivity index (χ4v) is 3.78. The quantitative estimate of drug-likeness (QED) is 0.855. The topological polar surface area (TPSA) is 36.4 Å². The maximum absolute atomic E-state index is 13.7. The minimum Gasteiger partial charge on any atom is -0.345 e. The van der Waals surface area contributed by atoms with Crippen molar-refractivity contribution in [2.24, 2.45) is 5.92 Å². The lowest BCUT2D eigenvalue weighted by Crippen LogP contribution is -2.49. The van der Waals surface area contributed by atoms with Gasteiger partial charge in [-0.3, -0.25) is 4.79 Å². The van der Waals surface area contributed by atoms with Gasteiger partial charge < -0.3 is 9.80 Å². The van der Waals surface area contributed by atoms with Crippen molar-refractivity contribution in [1.29, 1.82) is 0 Å². The Labute approximate surface area is 126 Å². The van der Waals surface area contributed by atoms with Crippen LogP contribution in [0.2, 0.25) is 0 Å². The number of carbonyl (C=O) groups is 1. The molecule has 21 heavy (non-hydrogen) atoms. The summed E-state index contributed by atoms with van der Waals surface area (Å²) >= 11 is 1.52. The first kappa shape index (κ1) is 13.0. The van der Waals surface area contributed by atoms with Crippen molar-refractivity contribution in [3.8, 4) is 0 Å². The van der Waals surface area contributed by atoms with Crippen molar-refractivity contribution in [1.82, 2.24) is 9.88 Å². The van der Waals surface area contributed by atoms with Crippen LogP contribution in [0.4, 0.5) is 9.52 Å². The zero-order chi connectivity index (χ0) is 14.4. The van der Waals surface area contributed by atoms with Crippen LogP contribution in [0, 0.1) is 11.7 Å². The third kappa shape index (κ3) is 2.37. The summed E-state index contributed by atoms with van der Waals surface area (Å²) in [5.74, 6) is 0.329. The first-order chi connectivity index (χ1) is 10.2. The third-order valence-corrected chi connectivity index (χ3v) is 5.23. The number of fused-ring (bicyclic) bond motifs is 1. The predicted octanol–water partition coefficient (Wildman–Crippen LogP) is 2.49. The molecule has 1 aliphatic carbocycles. The number of benzene rings is 1. The molecule has 1 amide bonds. The smallest absolute Gasteiger partial charge is 0.225 e. The van der Waals surface area contributed by atoms with Crippen molar-refractivity contribution in [3.05, 3.63) is 24.0 Å². The first-order valence-corrected chi connectivity index (χ1v) is 8.13. The number of aromatic nitrogens is 1. The number of para-hydroxylation sites is 1. The molecule has 4 nitrogen and oxygen atoms in total. The van der Waals surface area contributed by atoms with Gasteiger partial charge in [0.1, 0.15) is 11.3 Å². The molecular formula is C15H16FN3OS. The second-order valence-corrected chi connectivity index (χ2v) is 6.68. The molecule has 1 aromatic heterocycles. The Bertz CT molecular complexity index is 689. The van der Waals surface area contributed by atoms with E-state index < -0.39 is 0 Å². The highest BCUT2D eigenvalue weighted by Gasteiger charge is 2.34. The Morgan fingerprint density at radius 1 is 1.24 bits per heavy atom. The highest BCUT2D eigenvalue weighted by Crippen LogP contribution is 2.33. The molecule has 2 fully saturated rings. The van der Waals surface area contributed by atoms with E-state index >= 15 is 0 Å². The average Bonchev–Trinajstić information content (AvgIpc) is 3.26. The van der Waals surface area contributed by atoms with E-state index in [2.05, 4.69) is 9.88 Å². The molecule has 6 heteroatoms. The maximum Gasteiger partial charge on any atom is 0.225 e. The molecule has 2 heterocycles. The van der Waals surface area contributed by atoms with Gasteiger partial charge in [-0.25, -0.2) is 9.37 Å². The van der Waals surface area contributed by atoms with Crippen LogP contribution in [-0.2, 0) is 4.79 Å². The van der Waals surface area contributed by atoms with Gasteiger partial charge in [-0.1, -0.05) is 17.4 Å². The van der Waals surface area contributed by atoms with E-state index in [-0.39, 0.29) is 11.7 Å². The summed E-state index contributed by atoms with van der Waals surface area (Å²) < 4.78 is 14.6. The Hall–Kier alpha value is -1.69. The molecule has 110 valence electrons. The second kappa shape index (κ2) is 4.94. The van der Waals surface area contributed by atoms with E-state index in [4.69, 9.17) is 0 Å². The monoisotopic (exact) mass is 305 g/mol. The predicted molar refractivity (Wildman–Crippen MR) is 81.1 cm³/mol. The van der Waals surface area contributed by atoms with E-state index in [0.717, 1.165) is 48.9 Å². The summed E-state index contributed by atoms with van der Waals surface area (Å²) in [5, 5.41) is 0.855. The molecule has 0 unspecified atom stereocenters. The van der Waals surface area contributed by atoms with Crippen molar-refractivity contribution in [2.75, 3.05) is 31.1 Å². The Morgan fingerprint density at radius 2 is 2.00 bits per heavy atom. The molecule has 1 saturated carbocycles. The second-order valence-electron chi connectivity index (χ2n) is 5.67. The van der Waals surface area contributed by atoms with Crippen molar-refractivity contribution >= 4 is 32.6 Å². The Morgan fingerprint density at radius 3 is 2.67 bits per heavy atom. The summed E-state index contributed by atoms with van der Waals surface area (Å²) in [6.07, 6.45) is 2.10. The van der Waals surface area contributed by atoms with Crippen LogP contribution in [-0.4, -0.2) is 42.0 Å². The van der Waals surface area contributed by atoms with Crippen molar-refractivity contribution in [3.63, 3.8) is 0 Å². The minimum atomic E-state index is -0.266. The summed E-state index contributed by atoms with van der Waals surface area (Å²) in [7, 11) is 0. The summed E-state index contributed by atoms with van der Waals surface area (Å²) in [5.41, 5.74) is 0.453. The number of nitrogens with zero attached hydrogens (tertiary/aromatic N) is 3. The van der Waals surface area contributed by atoms with Gasteiger partial charge in [0.15, 0.2) is 5.13 Å². The maximum atomic E-state index is 13.7. The zero-order valence-corrected chi connectivity index (χ0v) is 12.4. The number of halogens is 1. The number of anilines is 1. The van der Waals surface area contributed by atoms with Crippen LogP contribution >= 0.6 is 11.3 Å². The number of amides is 1. The van der Waals surface area contributed by atoms with E-state index in [0.29, 0.717) is 11.4 Å². The van der Waals surface area contributed by atoms with E-state index in [9.17, 15) is 9.18 Å². The SMILES string of the molecule is O=C(C1CC1)N1CCN(c2nc3c(F)cccc3s2)CC1. The molecule has 2 aromatic rings. The Balaban J connectivity index is 1.49. The summed E-state index contributed by atoms with van der Waals surface area (Å²) in [6.45, 7) is 3.04. The van der Waals surface area contributed by atoms with Crippen LogP contribution in [0.25, 0.3) is 10.2 Å². The highest BCUT2D eigenvalue weighted by molar-refractivity contribution is 7.22. The third-order valence-electron chi connectivity index (χ3n) is 4.15. The van der Waals surface area contributed by atoms with Gasteiger partial charge in [0, 0.05) is 32.1 Å². The summed E-state index contributed by atoms with van der Waals surface area (Å²) in [6, 6.07) is 5.05.